The molecule has 0 aliphatic rings. The Labute approximate surface area is 338 Å². The molecule has 8 heteroatoms. The lowest BCUT2D eigenvalue weighted by molar-refractivity contribution is 0.423. The molecule has 274 valence electrons. The normalized spacial score (nSPS) is 10.9. The van der Waals surface area contributed by atoms with Gasteiger partial charge in [-0.25, -0.2) is 0 Å². The molecule has 0 aliphatic heterocycles. The molecule has 0 heterocycles. The fraction of sp³-hybridized carbons (Fsp3) is 0.130. The third-order valence-electron chi connectivity index (χ3n) is 9.32. The predicted molar refractivity (Wildman–Crippen MR) is 239 cm³/mol. The summed E-state index contributed by atoms with van der Waals surface area (Å²) in [6, 6.07) is 48.9. The Morgan fingerprint density at radius 3 is 0.926 bits per heavy atom. The van der Waals surface area contributed by atoms with E-state index in [1.54, 1.807) is 0 Å². The zero-order chi connectivity index (χ0) is 39.4. The molecule has 0 fully saturated rings. The smallest absolute Gasteiger partial charge is 0.423 e. The van der Waals surface area contributed by atoms with E-state index in [0.717, 1.165) is 8.95 Å². The van der Waals surface area contributed by atoms with Crippen molar-refractivity contribution in [1.29, 1.82) is 0 Å². The highest BCUT2D eigenvalue weighted by Crippen LogP contribution is 2.29. The molecule has 0 bridgehead atoms. The van der Waals surface area contributed by atoms with Gasteiger partial charge in [0, 0.05) is 8.95 Å². The molecule has 6 aromatic carbocycles. The van der Waals surface area contributed by atoms with Gasteiger partial charge >= 0.3 is 14.2 Å². The van der Waals surface area contributed by atoms with Gasteiger partial charge in [0.05, 0.1) is 0 Å². The van der Waals surface area contributed by atoms with Gasteiger partial charge in [-0.1, -0.05) is 164 Å². The van der Waals surface area contributed by atoms with Crippen molar-refractivity contribution in [2.75, 3.05) is 0 Å². The van der Waals surface area contributed by atoms with E-state index in [2.05, 4.69) is 195 Å². The fourth-order valence-corrected chi connectivity index (χ4v) is 6.00. The van der Waals surface area contributed by atoms with Crippen LogP contribution in [-0.2, 0) is 0 Å². The second-order valence-corrected chi connectivity index (χ2v) is 15.2. The molecule has 54 heavy (non-hydrogen) atoms. The standard InChI is InChI=1S/C24H24.C16H14Br2.C6H8B2O4/c1-17(2)19(4)20-9-11-22(12-10-20)24-15-13-23(14-16-24)21-7-5-18(3)6-8-21;1-11(13-3-7-15(17)8-4-13)12(2)14-5-9-16(18)10-6-14;9-7(10)5-1-2-6(4-3-5)8(11)12/h5-16H,1-4H3;3-10H,1-2H3;1-4,9-12H/b;12-11+;. The number of allylic oxidation sites excluding steroid dienone is 4. The van der Waals surface area contributed by atoms with Gasteiger partial charge in [0.1, 0.15) is 0 Å². The van der Waals surface area contributed by atoms with Crippen molar-refractivity contribution >= 4 is 73.7 Å². The lowest BCUT2D eigenvalue weighted by Gasteiger charge is -2.09. The Kier molecular flexibility index (Phi) is 16.1. The van der Waals surface area contributed by atoms with Crippen LogP contribution in [0.25, 0.3) is 39.0 Å². The van der Waals surface area contributed by atoms with Gasteiger partial charge in [0.25, 0.3) is 0 Å². The van der Waals surface area contributed by atoms with Gasteiger partial charge in [0.15, 0.2) is 0 Å². The molecule has 0 unspecified atom stereocenters. The zero-order valence-corrected chi connectivity index (χ0v) is 34.7. The minimum Gasteiger partial charge on any atom is -0.423 e. The third-order valence-corrected chi connectivity index (χ3v) is 10.4. The lowest BCUT2D eigenvalue weighted by atomic mass is 9.75. The molecule has 0 spiro atoms. The SMILES string of the molecule is C/C(=C(/C)c1ccc(Br)cc1)c1ccc(Br)cc1.CC(C)=C(C)c1ccc(-c2ccc(-c3ccc(C)cc3)cc2)cc1.OB(O)c1ccc(B(O)O)cc1. The summed E-state index contributed by atoms with van der Waals surface area (Å²) in [7, 11) is -3.04. The highest BCUT2D eigenvalue weighted by Gasteiger charge is 2.14. The van der Waals surface area contributed by atoms with Crippen LogP contribution >= 0.6 is 31.9 Å². The van der Waals surface area contributed by atoms with Gasteiger partial charge in [0.2, 0.25) is 0 Å². The number of hydrogen-bond acceptors (Lipinski definition) is 4. The number of aryl methyl sites for hydroxylation is 1. The molecular weight excluding hydrogens is 798 g/mol. The Bertz CT molecular complexity index is 2060. The van der Waals surface area contributed by atoms with Crippen LogP contribution in [0.1, 0.15) is 56.9 Å². The monoisotopic (exact) mass is 842 g/mol. The topological polar surface area (TPSA) is 80.9 Å². The fourth-order valence-electron chi connectivity index (χ4n) is 5.48. The Balaban J connectivity index is 0.000000192. The average Bonchev–Trinajstić information content (AvgIpc) is 3.18. The van der Waals surface area contributed by atoms with Gasteiger partial charge in [-0.05, 0) is 132 Å². The molecule has 0 atom stereocenters. The Morgan fingerprint density at radius 1 is 0.370 bits per heavy atom. The molecule has 0 aromatic heterocycles. The molecule has 0 aliphatic carbocycles. The second-order valence-electron chi connectivity index (χ2n) is 13.3. The number of hydrogen-bond donors (Lipinski definition) is 4. The summed E-state index contributed by atoms with van der Waals surface area (Å²) in [5.74, 6) is 0. The van der Waals surface area contributed by atoms with E-state index in [1.165, 1.54) is 91.1 Å². The average molecular weight is 844 g/mol. The van der Waals surface area contributed by atoms with Gasteiger partial charge in [-0.2, -0.15) is 0 Å². The highest BCUT2D eigenvalue weighted by atomic mass is 79.9. The number of halogens is 2. The summed E-state index contributed by atoms with van der Waals surface area (Å²) >= 11 is 6.93. The quantitative estimate of drug-likeness (QED) is 0.0953. The molecule has 0 saturated carbocycles. The maximum absolute atomic E-state index is 8.68. The van der Waals surface area contributed by atoms with Crippen molar-refractivity contribution < 1.29 is 20.1 Å². The van der Waals surface area contributed by atoms with Gasteiger partial charge in [-0.3, -0.25) is 0 Å². The molecule has 0 saturated heterocycles. The maximum atomic E-state index is 8.68. The van der Waals surface area contributed by atoms with E-state index in [0.29, 0.717) is 10.9 Å². The van der Waals surface area contributed by atoms with Crippen LogP contribution in [0.5, 0.6) is 0 Å². The summed E-state index contributed by atoms with van der Waals surface area (Å²) in [5.41, 5.74) is 16.1. The van der Waals surface area contributed by atoms with Crippen molar-refractivity contribution in [1.82, 2.24) is 0 Å². The third kappa shape index (κ3) is 12.4. The van der Waals surface area contributed by atoms with Crippen LogP contribution in [0.3, 0.4) is 0 Å². The molecule has 4 nitrogen and oxygen atoms in total. The highest BCUT2D eigenvalue weighted by molar-refractivity contribution is 9.10. The Hall–Kier alpha value is -4.27. The van der Waals surface area contributed by atoms with E-state index >= 15 is 0 Å². The minimum atomic E-state index is -1.52. The van der Waals surface area contributed by atoms with Crippen LogP contribution < -0.4 is 10.9 Å². The largest absolute Gasteiger partial charge is 0.488 e. The molecule has 6 aromatic rings. The van der Waals surface area contributed by atoms with Crippen LogP contribution in [-0.4, -0.2) is 34.3 Å². The summed E-state index contributed by atoms with van der Waals surface area (Å²) < 4.78 is 2.22. The Morgan fingerprint density at radius 2 is 0.630 bits per heavy atom. The number of rotatable bonds is 7. The number of benzene rings is 6. The zero-order valence-electron chi connectivity index (χ0n) is 31.6. The van der Waals surface area contributed by atoms with Crippen molar-refractivity contribution in [3.63, 3.8) is 0 Å². The van der Waals surface area contributed by atoms with Crippen molar-refractivity contribution in [3.8, 4) is 22.3 Å². The second kappa shape index (κ2) is 20.4. The van der Waals surface area contributed by atoms with Crippen molar-refractivity contribution in [2.45, 2.75) is 41.5 Å². The van der Waals surface area contributed by atoms with Crippen LogP contribution in [0.2, 0.25) is 0 Å². The summed E-state index contributed by atoms with van der Waals surface area (Å²) in [6.45, 7) is 13.0. The summed E-state index contributed by atoms with van der Waals surface area (Å²) in [4.78, 5) is 0. The van der Waals surface area contributed by atoms with Crippen LogP contribution in [0, 0.1) is 6.92 Å². The van der Waals surface area contributed by atoms with E-state index in [4.69, 9.17) is 20.1 Å². The predicted octanol–water partition coefficient (Wildman–Crippen LogP) is 10.4. The molecule has 0 radical (unpaired) electrons. The maximum Gasteiger partial charge on any atom is 0.488 e. The molecule has 4 N–H and O–H groups in total. The van der Waals surface area contributed by atoms with E-state index in [9.17, 15) is 0 Å². The lowest BCUT2D eigenvalue weighted by Crippen LogP contribution is -2.34. The summed E-state index contributed by atoms with van der Waals surface area (Å²) in [6.07, 6.45) is 0. The first-order valence-corrected chi connectivity index (χ1v) is 19.3. The van der Waals surface area contributed by atoms with E-state index in [1.807, 2.05) is 0 Å². The van der Waals surface area contributed by atoms with Gasteiger partial charge in [-0.15, -0.1) is 0 Å². The first kappa shape index (κ1) is 42.5. The summed E-state index contributed by atoms with van der Waals surface area (Å²) in [5, 5.41) is 34.7. The van der Waals surface area contributed by atoms with Crippen LogP contribution in [0.15, 0.2) is 160 Å². The molecular formula is C46H46B2Br2O4. The van der Waals surface area contributed by atoms with Crippen molar-refractivity contribution in [3.05, 3.63) is 182 Å². The molecule has 0 amide bonds. The first-order chi connectivity index (χ1) is 25.7. The molecule has 6 rings (SSSR count). The minimum absolute atomic E-state index is 0.319. The van der Waals surface area contributed by atoms with E-state index in [-0.39, 0.29) is 0 Å². The van der Waals surface area contributed by atoms with E-state index < -0.39 is 14.2 Å². The van der Waals surface area contributed by atoms with Crippen LogP contribution in [0.4, 0.5) is 0 Å². The van der Waals surface area contributed by atoms with Crippen molar-refractivity contribution in [2.24, 2.45) is 0 Å². The van der Waals surface area contributed by atoms with Gasteiger partial charge < -0.3 is 20.1 Å². The first-order valence-electron chi connectivity index (χ1n) is 17.7.